The van der Waals surface area contributed by atoms with Crippen molar-refractivity contribution in [2.24, 2.45) is 0 Å². The zero-order valence-electron chi connectivity index (χ0n) is 12.2. The van der Waals surface area contributed by atoms with Gasteiger partial charge in [0.25, 0.3) is 5.91 Å². The van der Waals surface area contributed by atoms with Crippen LogP contribution in [0.2, 0.25) is 5.02 Å². The number of nitrogens with one attached hydrogen (secondary N) is 3. The first-order valence-electron chi connectivity index (χ1n) is 6.69. The molecule has 0 atom stereocenters. The summed E-state index contributed by atoms with van der Waals surface area (Å²) in [5.74, 6) is -0.467. The number of thiocarbonyl (C=S) groups is 1. The maximum Gasteiger partial charge on any atom is 0.255 e. The number of rotatable bonds is 3. The molecule has 0 spiro atoms. The third-order valence-corrected chi connectivity index (χ3v) is 3.25. The Morgan fingerprint density at radius 3 is 1.96 bits per heavy atom. The fraction of sp³-hybridized carbons (Fsp3) is 0.0625. The van der Waals surface area contributed by atoms with Crippen molar-refractivity contribution < 1.29 is 9.59 Å². The lowest BCUT2D eigenvalue weighted by molar-refractivity contribution is -0.117. The number of carbonyl (C=O) groups excluding carboxylic acids is 2. The molecular weight excluding hydrogens is 334 g/mol. The van der Waals surface area contributed by atoms with E-state index in [1.165, 1.54) is 6.92 Å². The smallest absolute Gasteiger partial charge is 0.255 e. The summed E-state index contributed by atoms with van der Waals surface area (Å²) in [4.78, 5) is 23.0. The molecule has 2 aromatic rings. The molecule has 0 saturated heterocycles. The monoisotopic (exact) mass is 347 g/mol. The number of halogens is 1. The molecular formula is C16H14ClN3O2S. The van der Waals surface area contributed by atoms with Gasteiger partial charge in [-0.15, -0.1) is 0 Å². The van der Waals surface area contributed by atoms with E-state index in [-0.39, 0.29) is 16.9 Å². The molecule has 0 unspecified atom stereocenters. The second-order valence-corrected chi connectivity index (χ2v) is 5.52. The molecule has 0 aliphatic heterocycles. The van der Waals surface area contributed by atoms with Gasteiger partial charge >= 0.3 is 0 Å². The summed E-state index contributed by atoms with van der Waals surface area (Å²) in [5.41, 5.74) is 1.86. The van der Waals surface area contributed by atoms with Crippen LogP contribution in [0.1, 0.15) is 17.3 Å². The highest BCUT2D eigenvalue weighted by Gasteiger charge is 2.06. The summed E-state index contributed by atoms with van der Waals surface area (Å²) in [7, 11) is 0. The molecule has 0 bridgehead atoms. The van der Waals surface area contributed by atoms with Crippen LogP contribution in [-0.2, 0) is 4.79 Å². The molecule has 0 aliphatic rings. The minimum Gasteiger partial charge on any atom is -0.332 e. The van der Waals surface area contributed by atoms with E-state index in [0.717, 1.165) is 0 Å². The maximum atomic E-state index is 12.1. The molecule has 0 aromatic heterocycles. The van der Waals surface area contributed by atoms with Gasteiger partial charge in [-0.1, -0.05) is 11.6 Å². The van der Waals surface area contributed by atoms with E-state index < -0.39 is 0 Å². The molecule has 23 heavy (non-hydrogen) atoms. The molecule has 2 rings (SSSR count). The maximum absolute atomic E-state index is 12.1. The highest BCUT2D eigenvalue weighted by molar-refractivity contribution is 7.80. The predicted molar refractivity (Wildman–Crippen MR) is 95.9 cm³/mol. The van der Waals surface area contributed by atoms with Crippen LogP contribution in [-0.4, -0.2) is 16.9 Å². The lowest BCUT2D eigenvalue weighted by Gasteiger charge is -2.09. The van der Waals surface area contributed by atoms with Crippen LogP contribution in [0.5, 0.6) is 0 Å². The van der Waals surface area contributed by atoms with Crippen LogP contribution >= 0.6 is 23.8 Å². The SMILES string of the molecule is CC(=O)NC(=S)Nc1ccc(NC(=O)c2ccc(Cl)cc2)cc1. The fourth-order valence-corrected chi connectivity index (χ4v) is 2.15. The Balaban J connectivity index is 1.97. The minimum atomic E-state index is -0.241. The summed E-state index contributed by atoms with van der Waals surface area (Å²) >= 11 is 10.8. The normalized spacial score (nSPS) is 9.83. The molecule has 0 aliphatic carbocycles. The molecule has 0 fully saturated rings. The average Bonchev–Trinajstić information content (AvgIpc) is 2.49. The van der Waals surface area contributed by atoms with Crippen molar-refractivity contribution in [2.45, 2.75) is 6.92 Å². The largest absolute Gasteiger partial charge is 0.332 e. The molecule has 118 valence electrons. The topological polar surface area (TPSA) is 70.2 Å². The Morgan fingerprint density at radius 2 is 1.43 bits per heavy atom. The van der Waals surface area contributed by atoms with E-state index >= 15 is 0 Å². The van der Waals surface area contributed by atoms with Gasteiger partial charge in [-0.25, -0.2) is 0 Å². The Bertz CT molecular complexity index is 730. The summed E-state index contributed by atoms with van der Waals surface area (Å²) in [6, 6.07) is 13.6. The van der Waals surface area contributed by atoms with Crippen molar-refractivity contribution in [3.63, 3.8) is 0 Å². The second kappa shape index (κ2) is 7.71. The predicted octanol–water partition coefficient (Wildman–Crippen LogP) is 3.43. The number of hydrogen-bond donors (Lipinski definition) is 3. The number of carbonyl (C=O) groups is 2. The summed E-state index contributed by atoms with van der Waals surface area (Å²) < 4.78 is 0. The van der Waals surface area contributed by atoms with Crippen molar-refractivity contribution in [3.05, 3.63) is 59.1 Å². The number of amides is 2. The van der Waals surface area contributed by atoms with Crippen LogP contribution < -0.4 is 16.0 Å². The van der Waals surface area contributed by atoms with Gasteiger partial charge < -0.3 is 16.0 Å². The van der Waals surface area contributed by atoms with E-state index in [0.29, 0.717) is 22.0 Å². The van der Waals surface area contributed by atoms with Crippen LogP contribution in [0.25, 0.3) is 0 Å². The molecule has 7 heteroatoms. The van der Waals surface area contributed by atoms with Crippen LogP contribution in [0.4, 0.5) is 11.4 Å². The summed E-state index contributed by atoms with van der Waals surface area (Å²) in [6.07, 6.45) is 0. The Labute approximate surface area is 144 Å². The zero-order chi connectivity index (χ0) is 16.8. The summed E-state index contributed by atoms with van der Waals surface area (Å²) in [6.45, 7) is 1.38. The first-order valence-corrected chi connectivity index (χ1v) is 7.48. The van der Waals surface area contributed by atoms with Crippen molar-refractivity contribution in [2.75, 3.05) is 10.6 Å². The highest BCUT2D eigenvalue weighted by atomic mass is 35.5. The molecule has 5 nitrogen and oxygen atoms in total. The van der Waals surface area contributed by atoms with Gasteiger partial charge in [0.15, 0.2) is 5.11 Å². The van der Waals surface area contributed by atoms with Crippen molar-refractivity contribution in [1.29, 1.82) is 0 Å². The highest BCUT2D eigenvalue weighted by Crippen LogP contribution is 2.15. The standard InChI is InChI=1S/C16H14ClN3O2S/c1-10(21)18-16(23)20-14-8-6-13(7-9-14)19-15(22)11-2-4-12(17)5-3-11/h2-9H,1H3,(H,19,22)(H2,18,20,21,23). The fourth-order valence-electron chi connectivity index (χ4n) is 1.76. The van der Waals surface area contributed by atoms with Crippen molar-refractivity contribution >= 4 is 52.1 Å². The van der Waals surface area contributed by atoms with Gasteiger partial charge in [-0.2, -0.15) is 0 Å². The minimum absolute atomic E-state index is 0.218. The van der Waals surface area contributed by atoms with Gasteiger partial charge in [0.1, 0.15) is 0 Å². The van der Waals surface area contributed by atoms with E-state index in [2.05, 4.69) is 16.0 Å². The molecule has 2 amide bonds. The molecule has 0 saturated carbocycles. The lowest BCUT2D eigenvalue weighted by Crippen LogP contribution is -2.32. The first kappa shape index (κ1) is 16.9. The van der Waals surface area contributed by atoms with E-state index in [4.69, 9.17) is 23.8 Å². The van der Waals surface area contributed by atoms with Gasteiger partial charge in [-0.05, 0) is 60.7 Å². The van der Waals surface area contributed by atoms with Gasteiger partial charge in [0.05, 0.1) is 0 Å². The van der Waals surface area contributed by atoms with E-state index in [9.17, 15) is 9.59 Å². The molecule has 0 radical (unpaired) electrons. The van der Waals surface area contributed by atoms with Crippen LogP contribution in [0.3, 0.4) is 0 Å². The third kappa shape index (κ3) is 5.36. The number of anilines is 2. The van der Waals surface area contributed by atoms with Crippen LogP contribution in [0.15, 0.2) is 48.5 Å². The number of hydrogen-bond acceptors (Lipinski definition) is 3. The molecule has 0 heterocycles. The average molecular weight is 348 g/mol. The zero-order valence-corrected chi connectivity index (χ0v) is 13.8. The Hall–Kier alpha value is -2.44. The van der Waals surface area contributed by atoms with Gasteiger partial charge in [0.2, 0.25) is 5.91 Å². The van der Waals surface area contributed by atoms with Crippen LogP contribution in [0, 0.1) is 0 Å². The van der Waals surface area contributed by atoms with E-state index in [1.807, 2.05) is 0 Å². The summed E-state index contributed by atoms with van der Waals surface area (Å²) in [5, 5.41) is 8.90. The van der Waals surface area contributed by atoms with Crippen molar-refractivity contribution in [1.82, 2.24) is 5.32 Å². The van der Waals surface area contributed by atoms with E-state index in [1.54, 1.807) is 48.5 Å². The lowest BCUT2D eigenvalue weighted by atomic mass is 10.2. The second-order valence-electron chi connectivity index (χ2n) is 4.67. The third-order valence-electron chi connectivity index (χ3n) is 2.80. The van der Waals surface area contributed by atoms with Gasteiger partial charge in [0, 0.05) is 28.9 Å². The Kier molecular flexibility index (Phi) is 5.67. The molecule has 3 N–H and O–H groups in total. The number of benzene rings is 2. The first-order chi connectivity index (χ1) is 10.9. The quantitative estimate of drug-likeness (QED) is 0.744. The van der Waals surface area contributed by atoms with Crippen molar-refractivity contribution in [3.8, 4) is 0 Å². The van der Waals surface area contributed by atoms with Gasteiger partial charge in [-0.3, -0.25) is 9.59 Å². The molecule has 2 aromatic carbocycles. The Morgan fingerprint density at radius 1 is 0.913 bits per heavy atom.